The molecule has 1 heterocycles. The molecule has 4 nitrogen and oxygen atoms in total. The van der Waals surface area contributed by atoms with Gasteiger partial charge in [-0.25, -0.2) is 0 Å². The van der Waals surface area contributed by atoms with Gasteiger partial charge in [-0.2, -0.15) is 5.26 Å². The van der Waals surface area contributed by atoms with E-state index in [1.54, 1.807) is 12.1 Å². The second-order valence-corrected chi connectivity index (χ2v) is 4.80. The van der Waals surface area contributed by atoms with Crippen molar-refractivity contribution in [3.05, 3.63) is 22.7 Å². The fourth-order valence-electron chi connectivity index (χ4n) is 1.83. The summed E-state index contributed by atoms with van der Waals surface area (Å²) in [6.45, 7) is 0.400. The molecule has 0 saturated carbocycles. The Balaban J connectivity index is 2.48. The van der Waals surface area contributed by atoms with Crippen molar-refractivity contribution >= 4 is 40.5 Å². The maximum Gasteiger partial charge on any atom is 0.228 e. The quantitative estimate of drug-likeness (QED) is 0.627. The lowest BCUT2D eigenvalue weighted by atomic mass is 10.1. The van der Waals surface area contributed by atoms with Gasteiger partial charge in [0, 0.05) is 13.0 Å². The highest BCUT2D eigenvalue weighted by Crippen LogP contribution is 2.34. The number of alkyl halides is 1. The average molecular weight is 270 g/mol. The Morgan fingerprint density at radius 3 is 2.76 bits per heavy atom. The number of benzene rings is 1. The number of nitrogen functional groups attached to an aromatic ring is 1. The molecule has 88 valence electrons. The lowest BCUT2D eigenvalue weighted by Gasteiger charge is -2.19. The van der Waals surface area contributed by atoms with Crippen molar-refractivity contribution in [3.8, 4) is 6.07 Å². The van der Waals surface area contributed by atoms with Crippen LogP contribution in [-0.2, 0) is 4.79 Å². The molecule has 0 radical (unpaired) electrons. The van der Waals surface area contributed by atoms with Gasteiger partial charge in [0.05, 0.1) is 27.3 Å². The number of hydrogen-bond acceptors (Lipinski definition) is 3. The molecule has 1 fully saturated rings. The summed E-state index contributed by atoms with van der Waals surface area (Å²) in [7, 11) is 0. The molecule has 0 spiro atoms. The van der Waals surface area contributed by atoms with E-state index in [0.29, 0.717) is 12.2 Å². The first-order chi connectivity index (χ1) is 8.04. The molecule has 1 unspecified atom stereocenters. The van der Waals surface area contributed by atoms with Crippen LogP contribution in [0.4, 0.5) is 11.4 Å². The Bertz CT molecular complexity index is 524. The third kappa shape index (κ3) is 2.04. The lowest BCUT2D eigenvalue weighted by Crippen LogP contribution is -2.25. The zero-order valence-corrected chi connectivity index (χ0v) is 10.3. The van der Waals surface area contributed by atoms with Crippen LogP contribution in [-0.4, -0.2) is 17.8 Å². The fourth-order valence-corrected chi connectivity index (χ4v) is 2.30. The van der Waals surface area contributed by atoms with Crippen LogP contribution < -0.4 is 10.6 Å². The van der Waals surface area contributed by atoms with Gasteiger partial charge in [0.2, 0.25) is 5.91 Å². The van der Waals surface area contributed by atoms with E-state index in [1.807, 2.05) is 6.07 Å². The van der Waals surface area contributed by atoms with Crippen molar-refractivity contribution in [2.45, 2.75) is 11.8 Å². The minimum Gasteiger partial charge on any atom is -0.396 e. The van der Waals surface area contributed by atoms with Crippen molar-refractivity contribution in [3.63, 3.8) is 0 Å². The third-order valence-electron chi connectivity index (χ3n) is 2.65. The first-order valence-electron chi connectivity index (χ1n) is 4.97. The van der Waals surface area contributed by atoms with Gasteiger partial charge in [-0.1, -0.05) is 11.6 Å². The standard InChI is InChI=1S/C11H9Cl2N3O/c12-6-3-10(17)16(5-6)9-2-1-8(13)7(4-14)11(9)15/h1-2,6H,3,5,15H2. The topological polar surface area (TPSA) is 70.1 Å². The molecule has 0 aliphatic carbocycles. The Hall–Kier alpha value is -1.44. The highest BCUT2D eigenvalue weighted by atomic mass is 35.5. The average Bonchev–Trinajstić information content (AvgIpc) is 2.59. The zero-order valence-electron chi connectivity index (χ0n) is 8.78. The number of halogens is 2. The molecule has 1 saturated heterocycles. The summed E-state index contributed by atoms with van der Waals surface area (Å²) in [6.07, 6.45) is 0.283. The molecule has 0 aromatic heterocycles. The molecular weight excluding hydrogens is 261 g/mol. The Morgan fingerprint density at radius 1 is 1.53 bits per heavy atom. The molecule has 1 amide bonds. The van der Waals surface area contributed by atoms with Crippen LogP contribution in [0, 0.1) is 11.3 Å². The molecule has 0 bridgehead atoms. The summed E-state index contributed by atoms with van der Waals surface area (Å²) in [5.74, 6) is -0.0945. The molecule has 1 aromatic carbocycles. The van der Waals surface area contributed by atoms with Gasteiger partial charge in [0.15, 0.2) is 0 Å². The molecule has 2 N–H and O–H groups in total. The number of nitrogens with zero attached hydrogens (tertiary/aromatic N) is 2. The van der Waals surface area contributed by atoms with Crippen molar-refractivity contribution in [2.24, 2.45) is 0 Å². The largest absolute Gasteiger partial charge is 0.396 e. The summed E-state index contributed by atoms with van der Waals surface area (Å²) in [6, 6.07) is 5.11. The van der Waals surface area contributed by atoms with E-state index in [9.17, 15) is 4.79 Å². The number of anilines is 2. The highest BCUT2D eigenvalue weighted by Gasteiger charge is 2.30. The van der Waals surface area contributed by atoms with E-state index in [2.05, 4.69) is 0 Å². The zero-order chi connectivity index (χ0) is 12.6. The van der Waals surface area contributed by atoms with Crippen LogP contribution >= 0.6 is 23.2 Å². The summed E-state index contributed by atoms with van der Waals surface area (Å²) >= 11 is 11.8. The number of hydrogen-bond donors (Lipinski definition) is 1. The predicted octanol–water partition coefficient (Wildman–Crippen LogP) is 2.14. The Labute approximate surface area is 109 Å². The van der Waals surface area contributed by atoms with Gasteiger partial charge < -0.3 is 10.6 Å². The van der Waals surface area contributed by atoms with Crippen LogP contribution in [0.15, 0.2) is 12.1 Å². The molecule has 17 heavy (non-hydrogen) atoms. The molecule has 1 atom stereocenters. The Kier molecular flexibility index (Phi) is 3.14. The van der Waals surface area contributed by atoms with E-state index in [4.69, 9.17) is 34.2 Å². The summed E-state index contributed by atoms with van der Waals surface area (Å²) in [5, 5.41) is 9.00. The number of nitrogens with two attached hydrogens (primary N) is 1. The lowest BCUT2D eigenvalue weighted by molar-refractivity contribution is -0.117. The van der Waals surface area contributed by atoms with Crippen LogP contribution in [0.3, 0.4) is 0 Å². The fraction of sp³-hybridized carbons (Fsp3) is 0.273. The minimum absolute atomic E-state index is 0.0945. The summed E-state index contributed by atoms with van der Waals surface area (Å²) in [4.78, 5) is 13.2. The third-order valence-corrected chi connectivity index (χ3v) is 3.26. The molecule has 1 aliphatic rings. The van der Waals surface area contributed by atoms with Gasteiger partial charge in [-0.15, -0.1) is 11.6 Å². The number of amides is 1. The smallest absolute Gasteiger partial charge is 0.228 e. The number of nitriles is 1. The SMILES string of the molecule is N#Cc1c(Cl)ccc(N2CC(Cl)CC2=O)c1N. The van der Waals surface area contributed by atoms with Crippen LogP contribution in [0.1, 0.15) is 12.0 Å². The molecule has 2 rings (SSSR count). The Morgan fingerprint density at radius 2 is 2.24 bits per heavy atom. The second-order valence-electron chi connectivity index (χ2n) is 3.77. The predicted molar refractivity (Wildman–Crippen MR) is 67.2 cm³/mol. The maximum absolute atomic E-state index is 11.7. The minimum atomic E-state index is -0.219. The maximum atomic E-state index is 11.7. The highest BCUT2D eigenvalue weighted by molar-refractivity contribution is 6.32. The number of rotatable bonds is 1. The molecular formula is C11H9Cl2N3O. The second kappa shape index (κ2) is 4.44. The van der Waals surface area contributed by atoms with Crippen molar-refractivity contribution < 1.29 is 4.79 Å². The van der Waals surface area contributed by atoms with Gasteiger partial charge >= 0.3 is 0 Å². The van der Waals surface area contributed by atoms with Crippen molar-refractivity contribution in [1.82, 2.24) is 0 Å². The van der Waals surface area contributed by atoms with Crippen molar-refractivity contribution in [1.29, 1.82) is 5.26 Å². The van der Waals surface area contributed by atoms with E-state index in [1.165, 1.54) is 4.90 Å². The van der Waals surface area contributed by atoms with Gasteiger partial charge in [0.25, 0.3) is 0 Å². The van der Waals surface area contributed by atoms with Crippen LogP contribution in [0.25, 0.3) is 0 Å². The van der Waals surface area contributed by atoms with E-state index < -0.39 is 0 Å². The summed E-state index contributed by atoms with van der Waals surface area (Å²) in [5.41, 5.74) is 6.75. The first-order valence-corrected chi connectivity index (χ1v) is 5.78. The van der Waals surface area contributed by atoms with E-state index in [-0.39, 0.29) is 34.0 Å². The molecule has 1 aliphatic heterocycles. The number of carbonyl (C=O) groups is 1. The van der Waals surface area contributed by atoms with Gasteiger partial charge in [-0.05, 0) is 12.1 Å². The van der Waals surface area contributed by atoms with Crippen LogP contribution in [0.5, 0.6) is 0 Å². The van der Waals surface area contributed by atoms with E-state index >= 15 is 0 Å². The van der Waals surface area contributed by atoms with E-state index in [0.717, 1.165) is 0 Å². The monoisotopic (exact) mass is 269 g/mol. The van der Waals surface area contributed by atoms with Crippen LogP contribution in [0.2, 0.25) is 5.02 Å². The number of carbonyl (C=O) groups excluding carboxylic acids is 1. The molecule has 1 aromatic rings. The summed E-state index contributed by atoms with van der Waals surface area (Å²) < 4.78 is 0. The normalized spacial score (nSPS) is 19.5. The first kappa shape index (κ1) is 12.0. The van der Waals surface area contributed by atoms with Gasteiger partial charge in [-0.3, -0.25) is 4.79 Å². The van der Waals surface area contributed by atoms with Crippen molar-refractivity contribution in [2.75, 3.05) is 17.2 Å². The van der Waals surface area contributed by atoms with Gasteiger partial charge in [0.1, 0.15) is 6.07 Å². The molecule has 6 heteroatoms.